The van der Waals surface area contributed by atoms with Crippen LogP contribution in [-0.4, -0.2) is 52.4 Å². The number of benzene rings is 1. The van der Waals surface area contributed by atoms with E-state index in [4.69, 9.17) is 10.8 Å². The van der Waals surface area contributed by atoms with Gasteiger partial charge in [0.05, 0.1) is 6.54 Å². The Labute approximate surface area is 138 Å². The Balaban J connectivity index is 2.86. The molecule has 2 amide bonds. The van der Waals surface area contributed by atoms with Crippen LogP contribution in [0.2, 0.25) is 0 Å². The van der Waals surface area contributed by atoms with Crippen LogP contribution in [-0.2, 0) is 20.8 Å². The van der Waals surface area contributed by atoms with E-state index in [0.29, 0.717) is 5.56 Å². The van der Waals surface area contributed by atoms with Gasteiger partial charge in [0.2, 0.25) is 11.8 Å². The lowest BCUT2D eigenvalue weighted by molar-refractivity contribution is -0.141. The average Bonchev–Trinajstić information content (AvgIpc) is 2.53. The quantitative estimate of drug-likeness (QED) is 0.331. The standard InChI is InChI=1S/C14H19N3O5S/c15-6-12(19)16-10(5-8-1-3-9(18)4-2-8)13(20)17-11(7-23)14(21)22/h1-4,10-11,18,23H,5-7,15H2,(H,16,19)(H,17,20)(H,21,22). The molecule has 8 nitrogen and oxygen atoms in total. The highest BCUT2D eigenvalue weighted by atomic mass is 32.1. The Kier molecular flexibility index (Phi) is 7.36. The molecule has 0 radical (unpaired) electrons. The maximum atomic E-state index is 12.2. The van der Waals surface area contributed by atoms with Gasteiger partial charge in [-0.2, -0.15) is 12.6 Å². The third-order valence-corrected chi connectivity index (χ3v) is 3.38. The zero-order valence-corrected chi connectivity index (χ0v) is 13.1. The molecule has 0 spiro atoms. The first-order valence-corrected chi connectivity index (χ1v) is 7.42. The molecule has 1 rings (SSSR count). The normalized spacial score (nSPS) is 13.0. The number of rotatable bonds is 8. The summed E-state index contributed by atoms with van der Waals surface area (Å²) < 4.78 is 0. The predicted molar refractivity (Wildman–Crippen MR) is 86.2 cm³/mol. The fourth-order valence-corrected chi connectivity index (χ4v) is 2.04. The van der Waals surface area contributed by atoms with Crippen LogP contribution in [0.15, 0.2) is 24.3 Å². The SMILES string of the molecule is NCC(=O)NC(Cc1ccc(O)cc1)C(=O)NC(CS)C(=O)O. The van der Waals surface area contributed by atoms with Crippen molar-refractivity contribution in [2.75, 3.05) is 12.3 Å². The average molecular weight is 341 g/mol. The molecule has 0 heterocycles. The zero-order valence-electron chi connectivity index (χ0n) is 12.2. The van der Waals surface area contributed by atoms with E-state index in [-0.39, 0.29) is 24.5 Å². The third-order valence-electron chi connectivity index (χ3n) is 3.01. The lowest BCUT2D eigenvalue weighted by atomic mass is 10.0. The highest BCUT2D eigenvalue weighted by Gasteiger charge is 2.25. The lowest BCUT2D eigenvalue weighted by Crippen LogP contribution is -2.53. The monoisotopic (exact) mass is 341 g/mol. The Hall–Kier alpha value is -2.26. The van der Waals surface area contributed by atoms with Crippen LogP contribution in [0.25, 0.3) is 0 Å². The van der Waals surface area contributed by atoms with Gasteiger partial charge in [-0.15, -0.1) is 0 Å². The van der Waals surface area contributed by atoms with Crippen molar-refractivity contribution in [3.8, 4) is 5.75 Å². The number of nitrogens with two attached hydrogens (primary N) is 1. The Morgan fingerprint density at radius 3 is 2.22 bits per heavy atom. The second-order valence-corrected chi connectivity index (χ2v) is 5.14. The smallest absolute Gasteiger partial charge is 0.327 e. The number of thiol groups is 1. The molecule has 0 aliphatic rings. The van der Waals surface area contributed by atoms with Crippen molar-refractivity contribution in [1.29, 1.82) is 0 Å². The van der Waals surface area contributed by atoms with Crippen LogP contribution < -0.4 is 16.4 Å². The van der Waals surface area contributed by atoms with E-state index in [2.05, 4.69) is 23.3 Å². The van der Waals surface area contributed by atoms with Crippen LogP contribution >= 0.6 is 12.6 Å². The number of carbonyl (C=O) groups is 3. The molecule has 1 aromatic carbocycles. The first-order chi connectivity index (χ1) is 10.9. The summed E-state index contributed by atoms with van der Waals surface area (Å²) in [7, 11) is 0. The Bertz CT molecular complexity index is 564. The van der Waals surface area contributed by atoms with Crippen molar-refractivity contribution in [1.82, 2.24) is 10.6 Å². The topological polar surface area (TPSA) is 142 Å². The van der Waals surface area contributed by atoms with Crippen LogP contribution in [0.3, 0.4) is 0 Å². The number of carboxylic acid groups (broad SMARTS) is 1. The van der Waals surface area contributed by atoms with Crippen LogP contribution in [0.5, 0.6) is 5.75 Å². The Morgan fingerprint density at radius 1 is 1.13 bits per heavy atom. The fourth-order valence-electron chi connectivity index (χ4n) is 1.79. The minimum absolute atomic E-state index is 0.0711. The Morgan fingerprint density at radius 2 is 1.74 bits per heavy atom. The molecule has 0 aliphatic heterocycles. The van der Waals surface area contributed by atoms with Gasteiger partial charge in [0.15, 0.2) is 0 Å². The van der Waals surface area contributed by atoms with Crippen molar-refractivity contribution in [2.45, 2.75) is 18.5 Å². The summed E-state index contributed by atoms with van der Waals surface area (Å²) in [6, 6.07) is 3.93. The van der Waals surface area contributed by atoms with Gasteiger partial charge in [-0.1, -0.05) is 12.1 Å². The highest BCUT2D eigenvalue weighted by molar-refractivity contribution is 7.80. The van der Waals surface area contributed by atoms with Crippen molar-refractivity contribution in [3.05, 3.63) is 29.8 Å². The number of carbonyl (C=O) groups excluding carboxylic acids is 2. The van der Waals surface area contributed by atoms with E-state index in [1.807, 2.05) is 0 Å². The first-order valence-electron chi connectivity index (χ1n) is 6.78. The summed E-state index contributed by atoms with van der Waals surface area (Å²) in [5, 5.41) is 23.0. The molecule has 0 saturated heterocycles. The second-order valence-electron chi connectivity index (χ2n) is 4.78. The van der Waals surface area contributed by atoms with E-state index >= 15 is 0 Å². The van der Waals surface area contributed by atoms with Crippen LogP contribution in [0.1, 0.15) is 5.56 Å². The van der Waals surface area contributed by atoms with E-state index in [0.717, 1.165) is 0 Å². The number of aromatic hydroxyl groups is 1. The minimum Gasteiger partial charge on any atom is -0.508 e. The van der Waals surface area contributed by atoms with E-state index < -0.39 is 29.9 Å². The van der Waals surface area contributed by atoms with E-state index in [9.17, 15) is 19.5 Å². The largest absolute Gasteiger partial charge is 0.508 e. The fraction of sp³-hybridized carbons (Fsp3) is 0.357. The molecule has 0 aliphatic carbocycles. The van der Waals surface area contributed by atoms with Gasteiger partial charge in [0, 0.05) is 12.2 Å². The van der Waals surface area contributed by atoms with Gasteiger partial charge in [-0.3, -0.25) is 9.59 Å². The zero-order chi connectivity index (χ0) is 17.4. The molecule has 0 saturated carbocycles. The number of carboxylic acids is 1. The summed E-state index contributed by atoms with van der Waals surface area (Å²) in [6.07, 6.45) is 0.122. The molecule has 23 heavy (non-hydrogen) atoms. The number of hydrogen-bond donors (Lipinski definition) is 6. The van der Waals surface area contributed by atoms with Gasteiger partial charge in [-0.25, -0.2) is 4.79 Å². The summed E-state index contributed by atoms with van der Waals surface area (Å²) in [6.45, 7) is -0.297. The van der Waals surface area contributed by atoms with Gasteiger partial charge >= 0.3 is 5.97 Å². The van der Waals surface area contributed by atoms with Crippen LogP contribution in [0.4, 0.5) is 0 Å². The minimum atomic E-state index is -1.22. The molecule has 2 unspecified atom stereocenters. The molecule has 2 atom stereocenters. The molecule has 6 N–H and O–H groups in total. The van der Waals surface area contributed by atoms with E-state index in [1.165, 1.54) is 12.1 Å². The molecule has 9 heteroatoms. The molecule has 1 aromatic rings. The maximum Gasteiger partial charge on any atom is 0.327 e. The second kappa shape index (κ2) is 9.01. The number of phenols is 1. The summed E-state index contributed by atoms with van der Waals surface area (Å²) >= 11 is 3.87. The lowest BCUT2D eigenvalue weighted by Gasteiger charge is -2.20. The van der Waals surface area contributed by atoms with Crippen molar-refractivity contribution in [2.24, 2.45) is 5.73 Å². The predicted octanol–water partition coefficient (Wildman–Crippen LogP) is -1.12. The van der Waals surface area contributed by atoms with Gasteiger partial charge in [0.25, 0.3) is 0 Å². The molecule has 0 aromatic heterocycles. The molecule has 126 valence electrons. The van der Waals surface area contributed by atoms with Gasteiger partial charge in [-0.05, 0) is 17.7 Å². The van der Waals surface area contributed by atoms with Crippen LogP contribution in [0, 0.1) is 0 Å². The van der Waals surface area contributed by atoms with Crippen molar-refractivity contribution < 1.29 is 24.6 Å². The number of hydrogen-bond acceptors (Lipinski definition) is 6. The molecular weight excluding hydrogens is 322 g/mol. The van der Waals surface area contributed by atoms with Gasteiger partial charge in [0.1, 0.15) is 17.8 Å². The number of aliphatic carboxylic acids is 1. The van der Waals surface area contributed by atoms with Crippen molar-refractivity contribution in [3.63, 3.8) is 0 Å². The molecule has 0 fully saturated rings. The van der Waals surface area contributed by atoms with Crippen molar-refractivity contribution >= 4 is 30.4 Å². The summed E-state index contributed by atoms with van der Waals surface area (Å²) in [5.41, 5.74) is 5.90. The number of nitrogens with one attached hydrogen (secondary N) is 2. The molecule has 0 bridgehead atoms. The number of amides is 2. The van der Waals surface area contributed by atoms with Gasteiger partial charge < -0.3 is 26.6 Å². The van der Waals surface area contributed by atoms with E-state index in [1.54, 1.807) is 12.1 Å². The maximum absolute atomic E-state index is 12.2. The molecular formula is C14H19N3O5S. The summed E-state index contributed by atoms with van der Waals surface area (Å²) in [5.74, 6) is -2.43. The highest BCUT2D eigenvalue weighted by Crippen LogP contribution is 2.11. The third kappa shape index (κ3) is 6.17. The number of phenolic OH excluding ortho intramolecular Hbond substituents is 1. The summed E-state index contributed by atoms with van der Waals surface area (Å²) in [4.78, 5) is 34.7. The first kappa shape index (κ1) is 18.8.